The summed E-state index contributed by atoms with van der Waals surface area (Å²) < 4.78 is 40.0. The summed E-state index contributed by atoms with van der Waals surface area (Å²) in [5.41, 5.74) is 0.384. The van der Waals surface area contributed by atoms with E-state index in [4.69, 9.17) is 0 Å². The van der Waals surface area contributed by atoms with Crippen LogP contribution in [-0.4, -0.2) is 28.1 Å². The Hall–Kier alpha value is -0.210. The van der Waals surface area contributed by atoms with Gasteiger partial charge in [-0.1, -0.05) is 6.92 Å². The van der Waals surface area contributed by atoms with Gasteiger partial charge in [-0.25, -0.2) is 17.5 Å². The summed E-state index contributed by atoms with van der Waals surface area (Å²) in [7, 11) is -3.60. The van der Waals surface area contributed by atoms with Crippen LogP contribution >= 0.6 is 28.3 Å². The quantitative estimate of drug-likeness (QED) is 0.705. The lowest BCUT2D eigenvalue weighted by atomic mass is 10.2. The number of nitrogens with one attached hydrogen (secondary N) is 2. The zero-order chi connectivity index (χ0) is 14.5. The van der Waals surface area contributed by atoms with Crippen LogP contribution in [0.25, 0.3) is 0 Å². The predicted molar refractivity (Wildman–Crippen MR) is 84.4 cm³/mol. The third kappa shape index (κ3) is 5.65. The van der Waals surface area contributed by atoms with E-state index in [0.29, 0.717) is 18.7 Å². The van der Waals surface area contributed by atoms with Gasteiger partial charge in [-0.2, -0.15) is 0 Å². The van der Waals surface area contributed by atoms with Gasteiger partial charge < -0.3 is 5.32 Å². The number of benzene rings is 1. The Bertz CT molecular complexity index is 541. The Balaban J connectivity index is 0.00000361. The lowest BCUT2D eigenvalue weighted by Gasteiger charge is -2.10. The fourth-order valence-corrected chi connectivity index (χ4v) is 3.35. The lowest BCUT2D eigenvalue weighted by molar-refractivity contribution is 0.573. The molecule has 0 unspecified atom stereocenters. The first-order valence-corrected chi connectivity index (χ1v) is 8.32. The van der Waals surface area contributed by atoms with Crippen LogP contribution in [0.4, 0.5) is 4.39 Å². The first kappa shape index (κ1) is 19.8. The van der Waals surface area contributed by atoms with Crippen LogP contribution in [0.1, 0.15) is 18.9 Å². The molecule has 0 aliphatic carbocycles. The van der Waals surface area contributed by atoms with Gasteiger partial charge in [-0.15, -0.1) is 12.4 Å². The predicted octanol–water partition coefficient (Wildman–Crippen LogP) is 2.60. The van der Waals surface area contributed by atoms with Crippen molar-refractivity contribution in [1.29, 1.82) is 0 Å². The van der Waals surface area contributed by atoms with E-state index in [-0.39, 0.29) is 21.8 Å². The largest absolute Gasteiger partial charge is 0.315 e. The Morgan fingerprint density at radius 3 is 2.50 bits per heavy atom. The van der Waals surface area contributed by atoms with Crippen LogP contribution in [0, 0.1) is 12.7 Å². The molecular weight excluding hydrogens is 371 g/mol. The zero-order valence-electron chi connectivity index (χ0n) is 11.4. The summed E-state index contributed by atoms with van der Waals surface area (Å²) in [4.78, 5) is 0.0938. The molecule has 4 nitrogen and oxygen atoms in total. The Kier molecular flexibility index (Phi) is 8.85. The molecule has 0 fully saturated rings. The van der Waals surface area contributed by atoms with Crippen LogP contribution in [0.3, 0.4) is 0 Å². The van der Waals surface area contributed by atoms with Gasteiger partial charge in [0.1, 0.15) is 5.82 Å². The number of rotatable bonds is 7. The molecule has 0 spiro atoms. The molecule has 0 bridgehead atoms. The molecule has 8 heteroatoms. The van der Waals surface area contributed by atoms with E-state index in [1.807, 2.05) is 6.92 Å². The lowest BCUT2D eigenvalue weighted by Crippen LogP contribution is -2.32. The third-order valence-electron chi connectivity index (χ3n) is 2.53. The van der Waals surface area contributed by atoms with Crippen LogP contribution in [-0.2, 0) is 10.0 Å². The van der Waals surface area contributed by atoms with Crippen molar-refractivity contribution in [2.24, 2.45) is 0 Å². The van der Waals surface area contributed by atoms with E-state index >= 15 is 0 Å². The molecule has 1 rings (SSSR count). The molecule has 0 amide bonds. The number of aryl methyl sites for hydroxylation is 1. The summed E-state index contributed by atoms with van der Waals surface area (Å²) in [5, 5.41) is 3.10. The van der Waals surface area contributed by atoms with Crippen molar-refractivity contribution in [3.8, 4) is 0 Å². The normalized spacial score (nSPS) is 11.2. The van der Waals surface area contributed by atoms with Gasteiger partial charge in [0.05, 0.1) is 9.37 Å². The molecule has 1 aromatic carbocycles. The van der Waals surface area contributed by atoms with E-state index in [0.717, 1.165) is 13.0 Å². The minimum atomic E-state index is -3.60. The molecule has 0 heterocycles. The summed E-state index contributed by atoms with van der Waals surface area (Å²) in [6, 6.07) is 2.49. The van der Waals surface area contributed by atoms with E-state index in [1.54, 1.807) is 6.92 Å². The van der Waals surface area contributed by atoms with Crippen LogP contribution in [0.5, 0.6) is 0 Å². The highest BCUT2D eigenvalue weighted by molar-refractivity contribution is 9.10. The van der Waals surface area contributed by atoms with Crippen molar-refractivity contribution in [3.05, 3.63) is 28.0 Å². The van der Waals surface area contributed by atoms with Crippen molar-refractivity contribution < 1.29 is 12.8 Å². The van der Waals surface area contributed by atoms with Gasteiger partial charge in [-0.3, -0.25) is 0 Å². The van der Waals surface area contributed by atoms with E-state index < -0.39 is 15.8 Å². The second kappa shape index (κ2) is 8.94. The van der Waals surface area contributed by atoms with Gasteiger partial charge in [0.2, 0.25) is 10.0 Å². The number of hydrogen-bond donors (Lipinski definition) is 2. The second-order valence-electron chi connectivity index (χ2n) is 4.18. The minimum absolute atomic E-state index is 0. The smallest absolute Gasteiger partial charge is 0.240 e. The molecule has 116 valence electrons. The fraction of sp³-hybridized carbons (Fsp3) is 0.500. The molecule has 1 aromatic rings. The van der Waals surface area contributed by atoms with Crippen LogP contribution < -0.4 is 10.0 Å². The zero-order valence-corrected chi connectivity index (χ0v) is 14.6. The number of halogens is 3. The standard InChI is InChI=1S/C12H18BrFN2O2S.ClH/c1-3-4-15-5-6-16-19(17,18)12-8-10(13)11(14)7-9(12)2;/h7-8,15-16H,3-6H2,1-2H3;1H. The van der Waals surface area contributed by atoms with Crippen molar-refractivity contribution in [2.75, 3.05) is 19.6 Å². The van der Waals surface area contributed by atoms with Gasteiger partial charge in [0.15, 0.2) is 0 Å². The van der Waals surface area contributed by atoms with Crippen molar-refractivity contribution in [3.63, 3.8) is 0 Å². The topological polar surface area (TPSA) is 58.2 Å². The summed E-state index contributed by atoms with van der Waals surface area (Å²) in [5.74, 6) is -0.471. The van der Waals surface area contributed by atoms with Crippen molar-refractivity contribution in [1.82, 2.24) is 10.0 Å². The SMILES string of the molecule is CCCNCCNS(=O)(=O)c1cc(Br)c(F)cc1C.Cl. The molecule has 20 heavy (non-hydrogen) atoms. The average molecular weight is 390 g/mol. The van der Waals surface area contributed by atoms with E-state index in [2.05, 4.69) is 26.0 Å². The molecule has 0 aliphatic rings. The number of sulfonamides is 1. The summed E-state index contributed by atoms with van der Waals surface area (Å²) in [6.45, 7) is 5.32. The Labute approximate surface area is 134 Å². The monoisotopic (exact) mass is 388 g/mol. The molecule has 2 N–H and O–H groups in total. The van der Waals surface area contributed by atoms with Crippen LogP contribution in [0.15, 0.2) is 21.5 Å². The highest BCUT2D eigenvalue weighted by Crippen LogP contribution is 2.23. The molecule has 0 saturated heterocycles. The van der Waals surface area contributed by atoms with Gasteiger partial charge in [0.25, 0.3) is 0 Å². The minimum Gasteiger partial charge on any atom is -0.315 e. The maximum Gasteiger partial charge on any atom is 0.240 e. The molecule has 0 aromatic heterocycles. The summed E-state index contributed by atoms with van der Waals surface area (Å²) >= 11 is 3.00. The fourth-order valence-electron chi connectivity index (χ4n) is 1.57. The van der Waals surface area contributed by atoms with Gasteiger partial charge in [-0.05, 0) is 53.5 Å². The van der Waals surface area contributed by atoms with Crippen molar-refractivity contribution in [2.45, 2.75) is 25.2 Å². The maximum absolute atomic E-state index is 13.3. The first-order chi connectivity index (χ1) is 8.88. The highest BCUT2D eigenvalue weighted by atomic mass is 79.9. The van der Waals surface area contributed by atoms with Crippen molar-refractivity contribution >= 4 is 38.4 Å². The van der Waals surface area contributed by atoms with Crippen LogP contribution in [0.2, 0.25) is 0 Å². The third-order valence-corrected chi connectivity index (χ3v) is 4.74. The van der Waals surface area contributed by atoms with Gasteiger partial charge >= 0.3 is 0 Å². The molecule has 0 radical (unpaired) electrons. The maximum atomic E-state index is 13.3. The van der Waals surface area contributed by atoms with E-state index in [1.165, 1.54) is 12.1 Å². The average Bonchev–Trinajstić information content (AvgIpc) is 2.33. The van der Waals surface area contributed by atoms with E-state index in [9.17, 15) is 12.8 Å². The first-order valence-electron chi connectivity index (χ1n) is 6.04. The molecule has 0 saturated carbocycles. The Morgan fingerprint density at radius 2 is 1.90 bits per heavy atom. The van der Waals surface area contributed by atoms with Gasteiger partial charge in [0, 0.05) is 13.1 Å². The highest BCUT2D eigenvalue weighted by Gasteiger charge is 2.18. The number of hydrogen-bond acceptors (Lipinski definition) is 3. The molecule has 0 aliphatic heterocycles. The summed E-state index contributed by atoms with van der Waals surface area (Å²) in [6.07, 6.45) is 0.997. The molecular formula is C12H19BrClFN2O2S. The second-order valence-corrected chi connectivity index (χ2v) is 6.77. The molecule has 0 atom stereocenters. The Morgan fingerprint density at radius 1 is 1.25 bits per heavy atom.